The van der Waals surface area contributed by atoms with Crippen LogP contribution in [0.3, 0.4) is 0 Å². The fourth-order valence-corrected chi connectivity index (χ4v) is 4.93. The normalized spacial score (nSPS) is 15.6. The van der Waals surface area contributed by atoms with Gasteiger partial charge in [-0.25, -0.2) is 4.99 Å². The number of hydrogen-bond acceptors (Lipinski definition) is 6. The van der Waals surface area contributed by atoms with Crippen molar-refractivity contribution in [3.8, 4) is 11.3 Å². The number of hydrogen-bond donors (Lipinski definition) is 0. The molecule has 0 radical (unpaired) electrons. The van der Waals surface area contributed by atoms with Crippen molar-refractivity contribution in [3.05, 3.63) is 115 Å². The Labute approximate surface area is 230 Å². The second-order valence-corrected chi connectivity index (χ2v) is 10.0. The summed E-state index contributed by atoms with van der Waals surface area (Å²) >= 11 is 19.1. The first kappa shape index (κ1) is 25.1. The van der Waals surface area contributed by atoms with E-state index >= 15 is 0 Å². The number of carbonyl (C=O) groups is 1. The minimum Gasteiger partial charge on any atom is -0.457 e. The Morgan fingerprint density at radius 3 is 2.27 bits per heavy atom. The second-order valence-electron chi connectivity index (χ2n) is 7.72. The molecule has 4 aromatic rings. The highest BCUT2D eigenvalue weighted by atomic mass is 35.5. The van der Waals surface area contributed by atoms with Crippen LogP contribution in [-0.2, 0) is 4.79 Å². The van der Waals surface area contributed by atoms with Crippen LogP contribution < -0.4 is 4.90 Å². The Balaban J connectivity index is 1.50. The zero-order valence-electron chi connectivity index (χ0n) is 18.6. The van der Waals surface area contributed by atoms with Crippen molar-refractivity contribution in [3.63, 3.8) is 0 Å². The monoisotopic (exact) mass is 569 g/mol. The number of anilines is 1. The summed E-state index contributed by atoms with van der Waals surface area (Å²) < 4.78 is 5.88. The van der Waals surface area contributed by atoms with Crippen LogP contribution >= 0.6 is 46.6 Å². The zero-order chi connectivity index (χ0) is 26.1. The number of nitrogens with zero attached hydrogens (tertiary/aromatic N) is 3. The highest BCUT2D eigenvalue weighted by molar-refractivity contribution is 8.19. The number of nitro benzene ring substituents is 1. The number of carbonyl (C=O) groups excluding carboxylic acids is 1. The van der Waals surface area contributed by atoms with Gasteiger partial charge in [0, 0.05) is 27.8 Å². The number of benzene rings is 3. The van der Waals surface area contributed by atoms with Crippen molar-refractivity contribution in [1.29, 1.82) is 0 Å². The van der Waals surface area contributed by atoms with E-state index in [1.165, 1.54) is 28.8 Å². The maximum absolute atomic E-state index is 13.5. The van der Waals surface area contributed by atoms with Crippen molar-refractivity contribution >= 4 is 80.8 Å². The highest BCUT2D eigenvalue weighted by Crippen LogP contribution is 2.38. The molecule has 1 fully saturated rings. The van der Waals surface area contributed by atoms with Gasteiger partial charge in [0.25, 0.3) is 11.6 Å². The van der Waals surface area contributed by atoms with Crippen LogP contribution in [-0.4, -0.2) is 16.0 Å². The number of amides is 1. The molecule has 11 heteroatoms. The molecule has 1 amide bonds. The summed E-state index contributed by atoms with van der Waals surface area (Å²) in [5, 5.41) is 12.8. The number of aliphatic imine (C=N–C) groups is 1. The van der Waals surface area contributed by atoms with Gasteiger partial charge < -0.3 is 4.42 Å². The van der Waals surface area contributed by atoms with Gasteiger partial charge in [0.1, 0.15) is 16.5 Å². The Hall–Kier alpha value is -3.56. The Morgan fingerprint density at radius 1 is 0.919 bits per heavy atom. The smallest absolute Gasteiger partial charge is 0.288 e. The minimum absolute atomic E-state index is 0.0328. The highest BCUT2D eigenvalue weighted by Gasteiger charge is 2.35. The summed E-state index contributed by atoms with van der Waals surface area (Å²) in [5.41, 5.74) is 1.49. The molecular formula is C26H14Cl3N3O4S. The maximum Gasteiger partial charge on any atom is 0.288 e. The van der Waals surface area contributed by atoms with Gasteiger partial charge in [0.15, 0.2) is 5.17 Å². The zero-order valence-corrected chi connectivity index (χ0v) is 21.7. The average molecular weight is 571 g/mol. The van der Waals surface area contributed by atoms with Gasteiger partial charge in [-0.2, -0.15) is 0 Å². The van der Waals surface area contributed by atoms with Gasteiger partial charge in [-0.05, 0) is 84.6 Å². The van der Waals surface area contributed by atoms with Crippen LogP contribution in [0.5, 0.6) is 0 Å². The molecule has 7 nitrogen and oxygen atoms in total. The van der Waals surface area contributed by atoms with Crippen LogP contribution in [0, 0.1) is 10.1 Å². The topological polar surface area (TPSA) is 88.9 Å². The predicted octanol–water partition coefficient (Wildman–Crippen LogP) is 8.62. The average Bonchev–Trinajstić information content (AvgIpc) is 3.46. The van der Waals surface area contributed by atoms with Crippen LogP contribution in [0.2, 0.25) is 15.1 Å². The molecule has 0 spiro atoms. The van der Waals surface area contributed by atoms with Crippen molar-refractivity contribution in [1.82, 2.24) is 0 Å². The molecule has 0 atom stereocenters. The first-order valence-electron chi connectivity index (χ1n) is 10.7. The van der Waals surface area contributed by atoms with Gasteiger partial charge in [-0.3, -0.25) is 19.8 Å². The molecule has 1 saturated heterocycles. The van der Waals surface area contributed by atoms with Crippen LogP contribution in [0.1, 0.15) is 5.76 Å². The SMILES string of the molecule is O=C1/C(=C\c2ccc(-c3ccc(Cl)c([N+](=O)[O-])c3)o2)SC(=Nc2ccc(Cl)cc2)N1c1ccc(Cl)cc1. The molecule has 37 heavy (non-hydrogen) atoms. The van der Waals surface area contributed by atoms with Gasteiger partial charge in [0.2, 0.25) is 0 Å². The summed E-state index contributed by atoms with van der Waals surface area (Å²) in [6, 6.07) is 21.6. The van der Waals surface area contributed by atoms with Crippen LogP contribution in [0.25, 0.3) is 17.4 Å². The van der Waals surface area contributed by atoms with E-state index in [2.05, 4.69) is 4.99 Å². The molecule has 0 bridgehead atoms. The number of furan rings is 1. The quantitative estimate of drug-likeness (QED) is 0.136. The Bertz CT molecular complexity index is 1580. The lowest BCUT2D eigenvalue weighted by Crippen LogP contribution is -2.28. The lowest BCUT2D eigenvalue weighted by Gasteiger charge is -2.15. The van der Waals surface area contributed by atoms with Gasteiger partial charge in [0.05, 0.1) is 21.2 Å². The van der Waals surface area contributed by atoms with E-state index in [1.54, 1.807) is 72.8 Å². The van der Waals surface area contributed by atoms with E-state index in [9.17, 15) is 14.9 Å². The first-order chi connectivity index (χ1) is 17.8. The van der Waals surface area contributed by atoms with Crippen LogP contribution in [0.4, 0.5) is 17.1 Å². The van der Waals surface area contributed by atoms with E-state index in [1.807, 2.05) is 0 Å². The van der Waals surface area contributed by atoms with Crippen molar-refractivity contribution < 1.29 is 14.1 Å². The number of halogens is 3. The molecule has 1 aromatic heterocycles. The molecule has 184 valence electrons. The molecule has 1 aliphatic heterocycles. The van der Waals surface area contributed by atoms with E-state index in [4.69, 9.17) is 39.2 Å². The van der Waals surface area contributed by atoms with Gasteiger partial charge >= 0.3 is 0 Å². The number of rotatable bonds is 5. The molecule has 0 unspecified atom stereocenters. The molecule has 2 heterocycles. The van der Waals surface area contributed by atoms with Crippen molar-refractivity contribution in [2.75, 3.05) is 4.90 Å². The van der Waals surface area contributed by atoms with E-state index < -0.39 is 4.92 Å². The lowest BCUT2D eigenvalue weighted by molar-refractivity contribution is -0.384. The third kappa shape index (κ3) is 5.42. The van der Waals surface area contributed by atoms with Crippen molar-refractivity contribution in [2.45, 2.75) is 0 Å². The molecule has 3 aromatic carbocycles. The summed E-state index contributed by atoms with van der Waals surface area (Å²) in [6.45, 7) is 0. The number of thioether (sulfide) groups is 1. The summed E-state index contributed by atoms with van der Waals surface area (Å²) in [7, 11) is 0. The summed E-state index contributed by atoms with van der Waals surface area (Å²) in [4.78, 5) is 30.7. The van der Waals surface area contributed by atoms with Gasteiger partial charge in [-0.1, -0.05) is 34.8 Å². The molecule has 0 aliphatic carbocycles. The summed E-state index contributed by atoms with van der Waals surface area (Å²) in [5.74, 6) is 0.499. The third-order valence-electron chi connectivity index (χ3n) is 5.27. The predicted molar refractivity (Wildman–Crippen MR) is 149 cm³/mol. The lowest BCUT2D eigenvalue weighted by atomic mass is 10.1. The first-order valence-corrected chi connectivity index (χ1v) is 12.6. The van der Waals surface area contributed by atoms with E-state index in [0.29, 0.717) is 48.6 Å². The molecule has 0 saturated carbocycles. The van der Waals surface area contributed by atoms with Crippen LogP contribution in [0.15, 0.2) is 93.2 Å². The number of amidine groups is 1. The fourth-order valence-electron chi connectivity index (χ4n) is 3.51. The van der Waals surface area contributed by atoms with E-state index in [-0.39, 0.29) is 16.6 Å². The molecule has 1 aliphatic rings. The molecule has 0 N–H and O–H groups in total. The van der Waals surface area contributed by atoms with Gasteiger partial charge in [-0.15, -0.1) is 0 Å². The largest absolute Gasteiger partial charge is 0.457 e. The maximum atomic E-state index is 13.5. The second kappa shape index (κ2) is 10.4. The Morgan fingerprint density at radius 2 is 1.59 bits per heavy atom. The standard InChI is InChI=1S/C26H14Cl3N3O4S/c27-16-2-6-18(7-3-16)30-26-31(19-8-4-17(28)5-9-19)25(33)24(37-26)14-20-10-12-23(36-20)15-1-11-21(29)22(13-15)32(34)35/h1-14H/b24-14+,30-26?. The third-order valence-corrected chi connectivity index (χ3v) is 7.06. The minimum atomic E-state index is -0.557. The fraction of sp³-hybridized carbons (Fsp3) is 0. The van der Waals surface area contributed by atoms with E-state index in [0.717, 1.165) is 0 Å². The van der Waals surface area contributed by atoms with Crippen molar-refractivity contribution in [2.24, 2.45) is 4.99 Å². The number of nitro groups is 1. The Kier molecular flexibility index (Phi) is 7.08. The molecular weight excluding hydrogens is 557 g/mol. The molecule has 5 rings (SSSR count). The summed E-state index contributed by atoms with van der Waals surface area (Å²) in [6.07, 6.45) is 1.61.